The topological polar surface area (TPSA) is 37.3 Å². The summed E-state index contributed by atoms with van der Waals surface area (Å²) in [6, 6.07) is 4.71. The molecule has 2 aromatic rings. The highest BCUT2D eigenvalue weighted by molar-refractivity contribution is 5.69. The molecule has 0 bridgehead atoms. The molecular formula is C19H21F3O2. The van der Waals surface area contributed by atoms with Gasteiger partial charge in [-0.3, -0.25) is 0 Å². The second kappa shape index (κ2) is 7.99. The van der Waals surface area contributed by atoms with Crippen molar-refractivity contribution in [2.45, 2.75) is 39.5 Å². The van der Waals surface area contributed by atoms with Crippen LogP contribution < -0.4 is 0 Å². The maximum absolute atomic E-state index is 14.0. The summed E-state index contributed by atoms with van der Waals surface area (Å²) in [4.78, 5) is 8.00. The Labute approximate surface area is 140 Å². The fourth-order valence-electron chi connectivity index (χ4n) is 2.50. The van der Waals surface area contributed by atoms with Gasteiger partial charge in [0.1, 0.15) is 18.4 Å². The molecule has 5 heteroatoms. The van der Waals surface area contributed by atoms with Gasteiger partial charge in [0.15, 0.2) is 11.6 Å². The number of phenolic OH excluding ortho intramolecular Hbond substituents is 1. The summed E-state index contributed by atoms with van der Waals surface area (Å²) in [5.74, 6) is -3.06. The molecule has 0 amide bonds. The van der Waals surface area contributed by atoms with Crippen LogP contribution in [0, 0.1) is 17.5 Å². The number of hydrogen-bond donors (Lipinski definition) is 1. The second-order valence-corrected chi connectivity index (χ2v) is 6.03. The van der Waals surface area contributed by atoms with Gasteiger partial charge in [-0.25, -0.2) is 13.2 Å². The zero-order chi connectivity index (χ0) is 18.6. The first-order chi connectivity index (χ1) is 11.2. The van der Waals surface area contributed by atoms with Crippen LogP contribution in [0.25, 0.3) is 11.1 Å². The normalized spacial score (nSPS) is 10.7. The van der Waals surface area contributed by atoms with E-state index in [1.807, 2.05) is 34.5 Å². The zero-order valence-corrected chi connectivity index (χ0v) is 14.2. The predicted octanol–water partition coefficient (Wildman–Crippen LogP) is 5.54. The number of benzene rings is 2. The van der Waals surface area contributed by atoms with Crippen molar-refractivity contribution in [2.24, 2.45) is 0 Å². The van der Waals surface area contributed by atoms with Crippen LogP contribution in [0.5, 0.6) is 5.75 Å². The van der Waals surface area contributed by atoms with Gasteiger partial charge < -0.3 is 9.90 Å². The Morgan fingerprint density at radius 1 is 0.875 bits per heavy atom. The molecule has 130 valence electrons. The number of phenols is 1. The summed E-state index contributed by atoms with van der Waals surface area (Å²) in [5, 5.41) is 10.3. The van der Waals surface area contributed by atoms with Crippen molar-refractivity contribution in [3.63, 3.8) is 0 Å². The fraction of sp³-hybridized carbons (Fsp3) is 0.316. The maximum atomic E-state index is 14.0. The summed E-state index contributed by atoms with van der Waals surface area (Å²) >= 11 is 0. The van der Waals surface area contributed by atoms with Crippen LogP contribution in [-0.2, 0) is 4.79 Å². The molecule has 0 atom stereocenters. The Kier molecular flexibility index (Phi) is 6.58. The first-order valence-corrected chi connectivity index (χ1v) is 7.53. The average molecular weight is 338 g/mol. The number of carbonyl (C=O) groups excluding carboxylic acids is 1. The number of halogens is 3. The Balaban J connectivity index is 0.00000139. The van der Waals surface area contributed by atoms with E-state index < -0.39 is 23.0 Å². The quantitative estimate of drug-likeness (QED) is 0.746. The Morgan fingerprint density at radius 3 is 1.71 bits per heavy atom. The van der Waals surface area contributed by atoms with Gasteiger partial charge in [-0.15, -0.1) is 0 Å². The molecule has 0 aliphatic rings. The van der Waals surface area contributed by atoms with Crippen LogP contribution in [0.4, 0.5) is 13.2 Å². The summed E-state index contributed by atoms with van der Waals surface area (Å²) < 4.78 is 41.5. The highest BCUT2D eigenvalue weighted by Crippen LogP contribution is 2.39. The third-order valence-electron chi connectivity index (χ3n) is 3.75. The van der Waals surface area contributed by atoms with Crippen molar-refractivity contribution >= 4 is 6.79 Å². The van der Waals surface area contributed by atoms with Crippen LogP contribution in [0.2, 0.25) is 0 Å². The van der Waals surface area contributed by atoms with Crippen molar-refractivity contribution in [1.29, 1.82) is 0 Å². The minimum atomic E-state index is -1.21. The van der Waals surface area contributed by atoms with E-state index in [2.05, 4.69) is 0 Å². The lowest BCUT2D eigenvalue weighted by Gasteiger charge is -2.18. The fourth-order valence-corrected chi connectivity index (χ4v) is 2.50. The van der Waals surface area contributed by atoms with Gasteiger partial charge in [0.05, 0.1) is 5.56 Å². The molecule has 0 unspecified atom stereocenters. The Morgan fingerprint density at radius 2 is 1.29 bits per heavy atom. The van der Waals surface area contributed by atoms with Gasteiger partial charge in [0.2, 0.25) is 0 Å². The molecule has 0 radical (unpaired) electrons. The lowest BCUT2D eigenvalue weighted by atomic mass is 9.89. The number of hydrogen-bond acceptors (Lipinski definition) is 2. The van der Waals surface area contributed by atoms with E-state index in [4.69, 9.17) is 4.79 Å². The monoisotopic (exact) mass is 338 g/mol. The van der Waals surface area contributed by atoms with E-state index in [1.54, 1.807) is 0 Å². The molecule has 0 aliphatic heterocycles. The summed E-state index contributed by atoms with van der Waals surface area (Å²) in [6.45, 7) is 9.50. The lowest BCUT2D eigenvalue weighted by Crippen LogP contribution is -2.00. The van der Waals surface area contributed by atoms with E-state index in [-0.39, 0.29) is 23.1 Å². The van der Waals surface area contributed by atoms with Gasteiger partial charge in [-0.2, -0.15) is 0 Å². The summed E-state index contributed by atoms with van der Waals surface area (Å²) in [5.41, 5.74) is 1.01. The molecule has 24 heavy (non-hydrogen) atoms. The Bertz CT molecular complexity index is 696. The van der Waals surface area contributed by atoms with E-state index in [9.17, 15) is 18.3 Å². The zero-order valence-electron chi connectivity index (χ0n) is 14.2. The van der Waals surface area contributed by atoms with Crippen LogP contribution >= 0.6 is 0 Å². The number of carbonyl (C=O) groups is 1. The summed E-state index contributed by atoms with van der Waals surface area (Å²) in [7, 11) is 0. The SMILES string of the molecule is C=O.CC(C)c1cc(-c2c(F)ccc(F)c2F)cc(C(C)C)c1O. The van der Waals surface area contributed by atoms with Crippen LogP contribution in [0.3, 0.4) is 0 Å². The molecule has 0 saturated heterocycles. The lowest BCUT2D eigenvalue weighted by molar-refractivity contribution is -0.0979. The third kappa shape index (κ3) is 3.78. The largest absolute Gasteiger partial charge is 0.507 e. The first kappa shape index (κ1) is 19.7. The molecule has 2 rings (SSSR count). The maximum Gasteiger partial charge on any atom is 0.169 e. The number of rotatable bonds is 3. The molecule has 0 saturated carbocycles. The summed E-state index contributed by atoms with van der Waals surface area (Å²) in [6.07, 6.45) is 0. The van der Waals surface area contributed by atoms with Crippen molar-refractivity contribution in [2.75, 3.05) is 0 Å². The smallest absolute Gasteiger partial charge is 0.169 e. The van der Waals surface area contributed by atoms with Crippen molar-refractivity contribution < 1.29 is 23.1 Å². The minimum absolute atomic E-state index is 0.0304. The second-order valence-electron chi connectivity index (χ2n) is 6.03. The highest BCUT2D eigenvalue weighted by Gasteiger charge is 2.21. The van der Waals surface area contributed by atoms with Crippen molar-refractivity contribution in [1.82, 2.24) is 0 Å². The third-order valence-corrected chi connectivity index (χ3v) is 3.75. The van der Waals surface area contributed by atoms with E-state index >= 15 is 0 Å². The van der Waals surface area contributed by atoms with Crippen LogP contribution in [0.15, 0.2) is 24.3 Å². The van der Waals surface area contributed by atoms with Crippen molar-refractivity contribution in [3.05, 3.63) is 52.8 Å². The average Bonchev–Trinajstić information content (AvgIpc) is 2.54. The van der Waals surface area contributed by atoms with Crippen LogP contribution in [0.1, 0.15) is 50.7 Å². The van der Waals surface area contributed by atoms with Crippen molar-refractivity contribution in [3.8, 4) is 16.9 Å². The first-order valence-electron chi connectivity index (χ1n) is 7.53. The molecule has 1 N–H and O–H groups in total. The standard InChI is InChI=1S/C18H19F3O.CH2O/c1-9(2)12-7-11(8-13(10(3)4)18(12)22)16-14(19)5-6-15(20)17(16)21;1-2/h5-10,22H,1-4H3;1H2. The molecular weight excluding hydrogens is 317 g/mol. The van der Waals surface area contributed by atoms with Gasteiger partial charge in [0, 0.05) is 0 Å². The molecule has 0 spiro atoms. The van der Waals surface area contributed by atoms with E-state index in [0.717, 1.165) is 12.1 Å². The predicted molar refractivity (Wildman–Crippen MR) is 88.7 cm³/mol. The molecule has 0 fully saturated rings. The highest BCUT2D eigenvalue weighted by atomic mass is 19.2. The molecule has 0 aromatic heterocycles. The van der Waals surface area contributed by atoms with Gasteiger partial charge in [-0.05, 0) is 52.8 Å². The van der Waals surface area contributed by atoms with Gasteiger partial charge >= 0.3 is 0 Å². The molecule has 0 heterocycles. The Hall–Kier alpha value is -2.30. The van der Waals surface area contributed by atoms with Gasteiger partial charge in [-0.1, -0.05) is 27.7 Å². The number of aromatic hydroxyl groups is 1. The van der Waals surface area contributed by atoms with Gasteiger partial charge in [0.25, 0.3) is 0 Å². The molecule has 0 aliphatic carbocycles. The molecule has 2 nitrogen and oxygen atoms in total. The molecule has 2 aromatic carbocycles. The van der Waals surface area contributed by atoms with E-state index in [0.29, 0.717) is 11.1 Å². The van der Waals surface area contributed by atoms with Crippen LogP contribution in [-0.4, -0.2) is 11.9 Å². The van der Waals surface area contributed by atoms with E-state index in [1.165, 1.54) is 12.1 Å². The minimum Gasteiger partial charge on any atom is -0.507 e.